The SMILES string of the molecule is O=C(O)CONCC(F)(F)F. The molecule has 4 nitrogen and oxygen atoms in total. The van der Waals surface area contributed by atoms with Gasteiger partial charge in [-0.1, -0.05) is 0 Å². The highest BCUT2D eigenvalue weighted by molar-refractivity contribution is 5.67. The largest absolute Gasteiger partial charge is 0.479 e. The van der Waals surface area contributed by atoms with Gasteiger partial charge >= 0.3 is 12.1 Å². The van der Waals surface area contributed by atoms with Crippen molar-refractivity contribution in [3.63, 3.8) is 0 Å². The van der Waals surface area contributed by atoms with Crippen molar-refractivity contribution < 1.29 is 27.9 Å². The summed E-state index contributed by atoms with van der Waals surface area (Å²) in [5.74, 6) is -1.33. The van der Waals surface area contributed by atoms with E-state index in [1.54, 1.807) is 0 Å². The standard InChI is InChI=1S/C4H6F3NO3/c5-4(6,7)2-8-11-1-3(9)10/h8H,1-2H2,(H,9,10). The number of nitrogens with one attached hydrogen (secondary N) is 1. The van der Waals surface area contributed by atoms with E-state index in [0.29, 0.717) is 0 Å². The topological polar surface area (TPSA) is 58.6 Å². The molecule has 0 amide bonds. The molecule has 11 heavy (non-hydrogen) atoms. The second-order valence-corrected chi connectivity index (χ2v) is 1.62. The summed E-state index contributed by atoms with van der Waals surface area (Å²) in [6.45, 7) is -2.16. The highest BCUT2D eigenvalue weighted by Crippen LogP contribution is 2.11. The van der Waals surface area contributed by atoms with Gasteiger partial charge in [0, 0.05) is 0 Å². The molecule has 7 heteroatoms. The van der Waals surface area contributed by atoms with Crippen molar-refractivity contribution in [2.75, 3.05) is 13.2 Å². The Bertz CT molecular complexity index is 135. The predicted octanol–water partition coefficient (Wildman–Crippen LogP) is 0.154. The van der Waals surface area contributed by atoms with Gasteiger partial charge in [-0.3, -0.25) is 4.84 Å². The van der Waals surface area contributed by atoms with E-state index in [9.17, 15) is 18.0 Å². The maximum atomic E-state index is 11.3. The van der Waals surface area contributed by atoms with Crippen molar-refractivity contribution >= 4 is 5.97 Å². The zero-order valence-electron chi connectivity index (χ0n) is 5.31. The third-order valence-corrected chi connectivity index (χ3v) is 0.570. The number of hydrogen-bond acceptors (Lipinski definition) is 3. The van der Waals surface area contributed by atoms with Crippen molar-refractivity contribution in [2.24, 2.45) is 0 Å². The lowest BCUT2D eigenvalue weighted by Crippen LogP contribution is -2.30. The van der Waals surface area contributed by atoms with Gasteiger partial charge in [-0.05, 0) is 0 Å². The summed E-state index contributed by atoms with van der Waals surface area (Å²) in [6.07, 6.45) is -4.39. The van der Waals surface area contributed by atoms with Crippen molar-refractivity contribution in [3.05, 3.63) is 0 Å². The summed E-state index contributed by atoms with van der Waals surface area (Å²) in [6, 6.07) is 0. The van der Waals surface area contributed by atoms with Gasteiger partial charge in [-0.15, -0.1) is 0 Å². The van der Waals surface area contributed by atoms with E-state index in [-0.39, 0.29) is 0 Å². The Balaban J connectivity index is 3.22. The average molecular weight is 173 g/mol. The van der Waals surface area contributed by atoms with Crippen LogP contribution < -0.4 is 5.48 Å². The van der Waals surface area contributed by atoms with E-state index < -0.39 is 25.3 Å². The van der Waals surface area contributed by atoms with Crippen LogP contribution in [-0.4, -0.2) is 30.4 Å². The van der Waals surface area contributed by atoms with E-state index in [4.69, 9.17) is 5.11 Å². The molecule has 0 aliphatic heterocycles. The lowest BCUT2D eigenvalue weighted by Gasteiger charge is -2.06. The van der Waals surface area contributed by atoms with Crippen LogP contribution in [-0.2, 0) is 9.63 Å². The molecule has 2 N–H and O–H groups in total. The van der Waals surface area contributed by atoms with E-state index in [1.807, 2.05) is 0 Å². The molecule has 0 aliphatic carbocycles. The normalized spacial score (nSPS) is 11.5. The maximum Gasteiger partial charge on any atom is 0.403 e. The molecular formula is C4H6F3NO3. The molecule has 0 aromatic heterocycles. The highest BCUT2D eigenvalue weighted by Gasteiger charge is 2.26. The van der Waals surface area contributed by atoms with Gasteiger partial charge in [0.05, 0.1) is 0 Å². The number of halogens is 3. The number of carbonyl (C=O) groups is 1. The Hall–Kier alpha value is -0.820. The second-order valence-electron chi connectivity index (χ2n) is 1.62. The van der Waals surface area contributed by atoms with Crippen LogP contribution in [0.15, 0.2) is 0 Å². The Morgan fingerprint density at radius 1 is 1.55 bits per heavy atom. The fourth-order valence-corrected chi connectivity index (χ4v) is 0.246. The first-order valence-electron chi connectivity index (χ1n) is 2.55. The van der Waals surface area contributed by atoms with E-state index >= 15 is 0 Å². The van der Waals surface area contributed by atoms with Crippen LogP contribution in [0.2, 0.25) is 0 Å². The van der Waals surface area contributed by atoms with Crippen LogP contribution in [0, 0.1) is 0 Å². The highest BCUT2D eigenvalue weighted by atomic mass is 19.4. The molecule has 0 radical (unpaired) electrons. The van der Waals surface area contributed by atoms with Crippen molar-refractivity contribution in [3.8, 4) is 0 Å². The van der Waals surface area contributed by atoms with Gasteiger partial charge in [0.15, 0.2) is 6.61 Å². The van der Waals surface area contributed by atoms with Crippen molar-refractivity contribution in [1.29, 1.82) is 0 Å². The number of aliphatic carboxylic acids is 1. The van der Waals surface area contributed by atoms with E-state index in [2.05, 4.69) is 4.84 Å². The first kappa shape index (κ1) is 10.2. The Morgan fingerprint density at radius 2 is 2.09 bits per heavy atom. The number of alkyl halides is 3. The smallest absolute Gasteiger partial charge is 0.403 e. The Morgan fingerprint density at radius 3 is 2.45 bits per heavy atom. The molecule has 66 valence electrons. The summed E-state index contributed by atoms with van der Waals surface area (Å²) in [4.78, 5) is 13.6. The summed E-state index contributed by atoms with van der Waals surface area (Å²) in [7, 11) is 0. The summed E-state index contributed by atoms with van der Waals surface area (Å²) in [5, 5.41) is 7.90. The minimum absolute atomic E-state index is 0.796. The molecule has 0 unspecified atom stereocenters. The molecule has 0 aromatic rings. The minimum atomic E-state index is -4.39. The van der Waals surface area contributed by atoms with Gasteiger partial charge in [-0.2, -0.15) is 18.7 Å². The number of rotatable bonds is 4. The van der Waals surface area contributed by atoms with Gasteiger partial charge < -0.3 is 5.11 Å². The molecule has 0 bridgehead atoms. The molecule has 0 saturated heterocycles. The molecule has 0 fully saturated rings. The van der Waals surface area contributed by atoms with Gasteiger partial charge in [0.1, 0.15) is 6.54 Å². The predicted molar refractivity (Wildman–Crippen MR) is 27.6 cm³/mol. The van der Waals surface area contributed by atoms with Crippen molar-refractivity contribution in [1.82, 2.24) is 5.48 Å². The zero-order chi connectivity index (χ0) is 8.91. The summed E-state index contributed by atoms with van der Waals surface area (Å²) in [5.41, 5.74) is 1.45. The maximum absolute atomic E-state index is 11.3. The third kappa shape index (κ3) is 9.18. The first-order chi connectivity index (χ1) is 4.92. The fraction of sp³-hybridized carbons (Fsp3) is 0.750. The molecule has 0 rings (SSSR count). The molecule has 0 heterocycles. The Labute approximate surface area is 59.9 Å². The van der Waals surface area contributed by atoms with Gasteiger partial charge in [-0.25, -0.2) is 4.79 Å². The Kier molecular flexibility index (Phi) is 3.83. The second kappa shape index (κ2) is 4.14. The third-order valence-electron chi connectivity index (χ3n) is 0.570. The average Bonchev–Trinajstić information content (AvgIpc) is 1.78. The minimum Gasteiger partial charge on any atom is -0.479 e. The van der Waals surface area contributed by atoms with Crippen molar-refractivity contribution in [2.45, 2.75) is 6.18 Å². The number of carboxylic acids is 1. The van der Waals surface area contributed by atoms with E-state index in [1.165, 1.54) is 5.48 Å². The molecule has 0 atom stereocenters. The molecule has 0 aromatic carbocycles. The number of carboxylic acid groups (broad SMARTS) is 1. The number of hydroxylamine groups is 1. The molecule has 0 spiro atoms. The van der Waals surface area contributed by atoms with Crippen LogP contribution in [0.3, 0.4) is 0 Å². The van der Waals surface area contributed by atoms with Gasteiger partial charge in [0.25, 0.3) is 0 Å². The van der Waals surface area contributed by atoms with E-state index in [0.717, 1.165) is 0 Å². The zero-order valence-corrected chi connectivity index (χ0v) is 5.31. The summed E-state index contributed by atoms with van der Waals surface area (Å²) >= 11 is 0. The van der Waals surface area contributed by atoms with Crippen LogP contribution in [0.1, 0.15) is 0 Å². The van der Waals surface area contributed by atoms with Gasteiger partial charge in [0.2, 0.25) is 0 Å². The van der Waals surface area contributed by atoms with Crippen LogP contribution in [0.4, 0.5) is 13.2 Å². The number of hydrogen-bond donors (Lipinski definition) is 2. The lowest BCUT2D eigenvalue weighted by atomic mass is 10.7. The quantitative estimate of drug-likeness (QED) is 0.469. The molecule has 0 saturated carbocycles. The molecule has 0 aliphatic rings. The van der Waals surface area contributed by atoms with Crippen LogP contribution >= 0.6 is 0 Å². The monoisotopic (exact) mass is 173 g/mol. The fourth-order valence-electron chi connectivity index (χ4n) is 0.246. The molecular weight excluding hydrogens is 167 g/mol. The first-order valence-corrected chi connectivity index (χ1v) is 2.55. The lowest BCUT2D eigenvalue weighted by molar-refractivity contribution is -0.161. The summed E-state index contributed by atoms with van der Waals surface area (Å²) < 4.78 is 33.9. The van der Waals surface area contributed by atoms with Crippen LogP contribution in [0.5, 0.6) is 0 Å². The van der Waals surface area contributed by atoms with Crippen LogP contribution in [0.25, 0.3) is 0 Å².